The van der Waals surface area contributed by atoms with E-state index in [1.54, 1.807) is 37.3 Å². The van der Waals surface area contributed by atoms with Crippen LogP contribution in [-0.4, -0.2) is 45.1 Å². The number of nitrogens with one attached hydrogen (secondary N) is 1. The number of benzene rings is 2. The Labute approximate surface area is 196 Å². The largest absolute Gasteiger partial charge is 0.490 e. The van der Waals surface area contributed by atoms with Crippen LogP contribution in [0, 0.1) is 6.92 Å². The molecule has 1 atom stereocenters. The fourth-order valence-electron chi connectivity index (χ4n) is 3.72. The van der Waals surface area contributed by atoms with Gasteiger partial charge in [-0.2, -0.15) is 0 Å². The third-order valence-corrected chi connectivity index (χ3v) is 7.08. The van der Waals surface area contributed by atoms with E-state index in [4.69, 9.17) is 18.6 Å². The van der Waals surface area contributed by atoms with Crippen LogP contribution in [0.15, 0.2) is 51.7 Å². The number of carbonyl (C=O) groups excluding carboxylic acids is 1. The van der Waals surface area contributed by atoms with Crippen LogP contribution in [0.4, 0.5) is 0 Å². The number of ether oxygens (including phenoxy) is 3. The molecule has 4 rings (SSSR count). The highest BCUT2D eigenvalue weighted by Crippen LogP contribution is 2.33. The van der Waals surface area contributed by atoms with Crippen LogP contribution in [-0.2, 0) is 14.6 Å². The Kier molecular flexibility index (Phi) is 6.78. The van der Waals surface area contributed by atoms with Crippen molar-refractivity contribution in [1.82, 2.24) is 5.32 Å². The van der Waals surface area contributed by atoms with Gasteiger partial charge in [-0.3, -0.25) is 9.59 Å². The van der Waals surface area contributed by atoms with E-state index in [1.165, 1.54) is 6.07 Å². The van der Waals surface area contributed by atoms with Crippen molar-refractivity contribution in [2.75, 3.05) is 24.7 Å². The molecule has 0 aliphatic carbocycles. The number of hydrogen-bond acceptors (Lipinski definition) is 8. The predicted molar refractivity (Wildman–Crippen MR) is 126 cm³/mol. The van der Waals surface area contributed by atoms with Crippen molar-refractivity contribution < 1.29 is 31.8 Å². The summed E-state index contributed by atoms with van der Waals surface area (Å²) in [6.45, 7) is 3.64. The first-order valence-corrected chi connectivity index (χ1v) is 12.7. The molecule has 1 unspecified atom stereocenters. The molecule has 0 bridgehead atoms. The topological polar surface area (TPSA) is 121 Å². The molecule has 2 heterocycles. The average molecular weight is 488 g/mol. The number of para-hydroxylation sites is 2. The fourth-order valence-corrected chi connectivity index (χ4v) is 5.40. The van der Waals surface area contributed by atoms with Crippen molar-refractivity contribution in [3.8, 4) is 23.0 Å². The lowest BCUT2D eigenvalue weighted by molar-refractivity contribution is -0.123. The van der Waals surface area contributed by atoms with Crippen LogP contribution in [0.1, 0.15) is 19.1 Å². The monoisotopic (exact) mass is 487 g/mol. The zero-order chi connectivity index (χ0) is 24.3. The number of carbonyl (C=O) groups is 1. The summed E-state index contributed by atoms with van der Waals surface area (Å²) in [6.07, 6.45) is 0.397. The van der Waals surface area contributed by atoms with Crippen LogP contribution in [0.5, 0.6) is 23.0 Å². The maximum atomic E-state index is 13.1. The van der Waals surface area contributed by atoms with Crippen molar-refractivity contribution in [3.63, 3.8) is 0 Å². The van der Waals surface area contributed by atoms with Gasteiger partial charge in [0.25, 0.3) is 5.91 Å². The van der Waals surface area contributed by atoms with Gasteiger partial charge >= 0.3 is 0 Å². The molecular formula is C24H25NO8S. The van der Waals surface area contributed by atoms with Gasteiger partial charge in [0.1, 0.15) is 17.1 Å². The molecule has 2 aromatic carbocycles. The van der Waals surface area contributed by atoms with Gasteiger partial charge in [-0.1, -0.05) is 12.1 Å². The fraction of sp³-hybridized carbons (Fsp3) is 0.333. The SMILES string of the molecule is CCOc1ccccc1Oc1c(C)oc2cc(OCC(=O)NC3CCS(=O)(=O)C3)ccc2c1=O. The molecule has 1 saturated heterocycles. The molecule has 0 saturated carbocycles. The van der Waals surface area contributed by atoms with Crippen LogP contribution in [0.2, 0.25) is 0 Å². The number of sulfone groups is 1. The second-order valence-corrected chi connectivity index (χ2v) is 10.1. The second-order valence-electron chi connectivity index (χ2n) is 7.91. The van der Waals surface area contributed by atoms with E-state index >= 15 is 0 Å². The van der Waals surface area contributed by atoms with Crippen LogP contribution >= 0.6 is 0 Å². The predicted octanol–water partition coefficient (Wildman–Crippen LogP) is 2.97. The van der Waals surface area contributed by atoms with Gasteiger partial charge in [0.05, 0.1) is 23.5 Å². The molecule has 0 radical (unpaired) electrons. The van der Waals surface area contributed by atoms with Gasteiger partial charge < -0.3 is 23.9 Å². The van der Waals surface area contributed by atoms with E-state index in [2.05, 4.69) is 5.32 Å². The molecule has 9 nitrogen and oxygen atoms in total. The third kappa shape index (κ3) is 5.33. The lowest BCUT2D eigenvalue weighted by atomic mass is 10.2. The van der Waals surface area contributed by atoms with Crippen molar-refractivity contribution in [2.45, 2.75) is 26.3 Å². The van der Waals surface area contributed by atoms with Gasteiger partial charge in [-0.15, -0.1) is 0 Å². The molecule has 3 aromatic rings. The molecule has 1 aliphatic heterocycles. The van der Waals surface area contributed by atoms with E-state index in [0.717, 1.165) is 0 Å². The van der Waals surface area contributed by atoms with E-state index in [1.807, 2.05) is 13.0 Å². The first-order chi connectivity index (χ1) is 16.3. The number of aryl methyl sites for hydroxylation is 1. The number of rotatable bonds is 8. The van der Waals surface area contributed by atoms with Crippen molar-refractivity contribution in [3.05, 3.63) is 58.4 Å². The maximum absolute atomic E-state index is 13.1. The number of hydrogen-bond donors (Lipinski definition) is 1. The normalized spacial score (nSPS) is 16.8. The third-order valence-electron chi connectivity index (χ3n) is 5.32. The van der Waals surface area contributed by atoms with Gasteiger partial charge in [-0.05, 0) is 44.5 Å². The highest BCUT2D eigenvalue weighted by Gasteiger charge is 2.29. The maximum Gasteiger partial charge on any atom is 0.258 e. The first-order valence-electron chi connectivity index (χ1n) is 10.9. The standard InChI is InChI=1S/C24H25NO8S/c1-3-30-19-6-4-5-7-20(19)33-24-15(2)32-21-12-17(8-9-18(21)23(24)27)31-13-22(26)25-16-10-11-34(28,29)14-16/h4-9,12,16H,3,10-11,13-14H2,1-2H3,(H,25,26). The van der Waals surface area contributed by atoms with E-state index < -0.39 is 21.8 Å². The summed E-state index contributed by atoms with van der Waals surface area (Å²) >= 11 is 0. The Balaban J connectivity index is 1.48. The average Bonchev–Trinajstić information content (AvgIpc) is 3.14. The quantitative estimate of drug-likeness (QED) is 0.515. The summed E-state index contributed by atoms with van der Waals surface area (Å²) in [4.78, 5) is 25.2. The van der Waals surface area contributed by atoms with Crippen molar-refractivity contribution >= 4 is 26.7 Å². The van der Waals surface area contributed by atoms with Gasteiger partial charge in [0, 0.05) is 12.1 Å². The molecule has 34 heavy (non-hydrogen) atoms. The molecule has 1 aromatic heterocycles. The summed E-state index contributed by atoms with van der Waals surface area (Å²) in [7, 11) is -3.08. The zero-order valence-electron chi connectivity index (χ0n) is 18.8. The molecule has 0 spiro atoms. The van der Waals surface area contributed by atoms with Crippen molar-refractivity contribution in [1.29, 1.82) is 0 Å². The molecular weight excluding hydrogens is 462 g/mol. The highest BCUT2D eigenvalue weighted by atomic mass is 32.2. The van der Waals surface area contributed by atoms with Crippen LogP contribution < -0.4 is 25.0 Å². The van der Waals surface area contributed by atoms with Crippen molar-refractivity contribution in [2.24, 2.45) is 0 Å². The lowest BCUT2D eigenvalue weighted by Gasteiger charge is -2.13. The Morgan fingerprint density at radius 1 is 1.15 bits per heavy atom. The molecule has 10 heteroatoms. The summed E-state index contributed by atoms with van der Waals surface area (Å²) in [5, 5.41) is 2.95. The number of amides is 1. The minimum absolute atomic E-state index is 0.0548. The minimum Gasteiger partial charge on any atom is -0.490 e. The lowest BCUT2D eigenvalue weighted by Crippen LogP contribution is -2.38. The number of fused-ring (bicyclic) bond motifs is 1. The molecule has 180 valence electrons. The van der Waals surface area contributed by atoms with E-state index in [-0.39, 0.29) is 40.6 Å². The summed E-state index contributed by atoms with van der Waals surface area (Å²) in [6, 6.07) is 11.3. The van der Waals surface area contributed by atoms with E-state index in [0.29, 0.717) is 35.7 Å². The molecule has 1 N–H and O–H groups in total. The van der Waals surface area contributed by atoms with Crippen LogP contribution in [0.3, 0.4) is 0 Å². The Morgan fingerprint density at radius 3 is 2.62 bits per heavy atom. The smallest absolute Gasteiger partial charge is 0.258 e. The Bertz CT molecular complexity index is 1380. The van der Waals surface area contributed by atoms with Crippen LogP contribution in [0.25, 0.3) is 11.0 Å². The minimum atomic E-state index is -3.08. The first kappa shape index (κ1) is 23.6. The zero-order valence-corrected chi connectivity index (χ0v) is 19.6. The summed E-state index contributed by atoms with van der Waals surface area (Å²) in [5.41, 5.74) is -0.0653. The molecule has 1 fully saturated rings. The summed E-state index contributed by atoms with van der Waals surface area (Å²) in [5.74, 6) is 1.18. The summed E-state index contributed by atoms with van der Waals surface area (Å²) < 4.78 is 45.8. The highest BCUT2D eigenvalue weighted by molar-refractivity contribution is 7.91. The molecule has 1 aliphatic rings. The van der Waals surface area contributed by atoms with E-state index in [9.17, 15) is 18.0 Å². The molecule has 1 amide bonds. The van der Waals surface area contributed by atoms with Gasteiger partial charge in [0.2, 0.25) is 11.2 Å². The Morgan fingerprint density at radius 2 is 1.91 bits per heavy atom. The van der Waals surface area contributed by atoms with Gasteiger partial charge in [-0.25, -0.2) is 8.42 Å². The second kappa shape index (κ2) is 9.76. The Hall–Kier alpha value is -3.53. The van der Waals surface area contributed by atoms with Gasteiger partial charge in [0.15, 0.2) is 27.9 Å².